The van der Waals surface area contributed by atoms with Gasteiger partial charge in [-0.3, -0.25) is 0 Å². The van der Waals surface area contributed by atoms with E-state index in [2.05, 4.69) is 9.97 Å². The number of halogens is 2. The van der Waals surface area contributed by atoms with Crippen LogP contribution in [0.15, 0.2) is 4.90 Å². The molecule has 1 heterocycles. The van der Waals surface area contributed by atoms with Gasteiger partial charge in [0, 0.05) is 0 Å². The maximum atomic E-state index is 10.6. The van der Waals surface area contributed by atoms with E-state index in [1.54, 1.807) is 6.92 Å². The molecular formula is C5H4Cl2N2O2S. The monoisotopic (exact) mass is 226 g/mol. The molecule has 0 aliphatic carbocycles. The zero-order valence-corrected chi connectivity index (χ0v) is 8.24. The Bertz CT molecular complexity index is 321. The smallest absolute Gasteiger partial charge is 0.192 e. The van der Waals surface area contributed by atoms with E-state index in [1.807, 2.05) is 0 Å². The topological polar surface area (TPSA) is 63.1 Å². The highest BCUT2D eigenvalue weighted by Gasteiger charge is 2.14. The van der Waals surface area contributed by atoms with Crippen molar-refractivity contribution in [2.24, 2.45) is 0 Å². The molecule has 1 rings (SSSR count). The molecule has 0 saturated heterocycles. The van der Waals surface area contributed by atoms with Crippen molar-refractivity contribution in [1.82, 2.24) is 9.97 Å². The van der Waals surface area contributed by atoms with Crippen LogP contribution in [0.5, 0.6) is 0 Å². The number of aryl methyl sites for hydroxylation is 1. The molecule has 0 radical (unpaired) electrons. The summed E-state index contributed by atoms with van der Waals surface area (Å²) in [5, 5.41) is -0.179. The Hall–Kier alpha value is -0.230. The Balaban J connectivity index is 3.38. The highest BCUT2D eigenvalue weighted by atomic mass is 35.5. The minimum absolute atomic E-state index is 0.0895. The van der Waals surface area contributed by atoms with Crippen molar-refractivity contribution >= 4 is 34.3 Å². The van der Waals surface area contributed by atoms with Crippen LogP contribution >= 0.6 is 23.2 Å². The summed E-state index contributed by atoms with van der Waals surface area (Å²) in [6.07, 6.45) is 0. The van der Waals surface area contributed by atoms with Gasteiger partial charge in [-0.1, -0.05) is 23.2 Å². The first-order chi connectivity index (χ1) is 5.52. The fourth-order valence-corrected chi connectivity index (χ4v) is 1.89. The van der Waals surface area contributed by atoms with Crippen LogP contribution in [0.1, 0.15) is 5.82 Å². The summed E-state index contributed by atoms with van der Waals surface area (Å²) < 4.78 is 19.3. The molecule has 7 heteroatoms. The Morgan fingerprint density at radius 3 is 2.08 bits per heavy atom. The predicted octanol–water partition coefficient (Wildman–Crippen LogP) is 1.67. The fourth-order valence-electron chi connectivity index (χ4n) is 0.640. The molecule has 1 aromatic rings. The van der Waals surface area contributed by atoms with Gasteiger partial charge in [-0.25, -0.2) is 14.2 Å². The van der Waals surface area contributed by atoms with Gasteiger partial charge < -0.3 is 4.55 Å². The maximum Gasteiger partial charge on any atom is 0.192 e. The molecule has 1 atom stereocenters. The third-order valence-corrected chi connectivity index (χ3v) is 2.58. The lowest BCUT2D eigenvalue weighted by molar-refractivity contribution is 0.563. The normalized spacial score (nSPS) is 13.0. The van der Waals surface area contributed by atoms with Crippen molar-refractivity contribution in [3.63, 3.8) is 0 Å². The average Bonchev–Trinajstić information content (AvgIpc) is 1.82. The van der Waals surface area contributed by atoms with Crippen LogP contribution in [0.2, 0.25) is 10.3 Å². The molecule has 0 amide bonds. The first-order valence-corrected chi connectivity index (χ1v) is 4.69. The second-order valence-electron chi connectivity index (χ2n) is 1.93. The standard InChI is InChI=1S/C5H4Cl2N2O2S/c1-2-8-4(6)3(12(10)11)5(7)9-2/h1H3,(H,10,11). The summed E-state index contributed by atoms with van der Waals surface area (Å²) in [6.45, 7) is 1.59. The van der Waals surface area contributed by atoms with Gasteiger partial charge in [0.1, 0.15) is 10.7 Å². The molecule has 0 bridgehead atoms. The molecule has 12 heavy (non-hydrogen) atoms. The van der Waals surface area contributed by atoms with E-state index in [0.29, 0.717) is 5.82 Å². The lowest BCUT2D eigenvalue weighted by atomic mass is 10.6. The largest absolute Gasteiger partial charge is 0.302 e. The summed E-state index contributed by atoms with van der Waals surface area (Å²) in [7, 11) is 0. The van der Waals surface area contributed by atoms with E-state index in [-0.39, 0.29) is 15.2 Å². The van der Waals surface area contributed by atoms with E-state index in [9.17, 15) is 4.21 Å². The minimum atomic E-state index is -2.25. The Morgan fingerprint density at radius 1 is 1.33 bits per heavy atom. The SMILES string of the molecule is Cc1nc(Cl)c(S(=O)O)c(Cl)n1. The lowest BCUT2D eigenvalue weighted by Crippen LogP contribution is -1.98. The van der Waals surface area contributed by atoms with Crippen LogP contribution < -0.4 is 0 Å². The number of aromatic nitrogens is 2. The molecule has 66 valence electrons. The molecule has 0 aliphatic rings. The Kier molecular flexibility index (Phi) is 3.00. The van der Waals surface area contributed by atoms with Crippen molar-refractivity contribution in [3.05, 3.63) is 16.1 Å². The van der Waals surface area contributed by atoms with E-state index in [4.69, 9.17) is 27.8 Å². The fraction of sp³-hybridized carbons (Fsp3) is 0.200. The Morgan fingerprint density at radius 2 is 1.75 bits per heavy atom. The second-order valence-corrected chi connectivity index (χ2v) is 3.55. The van der Waals surface area contributed by atoms with Crippen LogP contribution in [-0.4, -0.2) is 18.7 Å². The molecule has 4 nitrogen and oxygen atoms in total. The van der Waals surface area contributed by atoms with Crippen molar-refractivity contribution in [2.45, 2.75) is 11.8 Å². The van der Waals surface area contributed by atoms with Gasteiger partial charge >= 0.3 is 0 Å². The van der Waals surface area contributed by atoms with Crippen molar-refractivity contribution in [3.8, 4) is 0 Å². The van der Waals surface area contributed by atoms with Gasteiger partial charge in [-0.2, -0.15) is 0 Å². The van der Waals surface area contributed by atoms with E-state index in [0.717, 1.165) is 0 Å². The third kappa shape index (κ3) is 1.92. The summed E-state index contributed by atoms with van der Waals surface area (Å²) in [4.78, 5) is 7.20. The van der Waals surface area contributed by atoms with Crippen LogP contribution in [0.4, 0.5) is 0 Å². The van der Waals surface area contributed by atoms with Crippen LogP contribution in [0, 0.1) is 6.92 Å². The minimum Gasteiger partial charge on any atom is -0.302 e. The zero-order valence-electron chi connectivity index (χ0n) is 5.91. The van der Waals surface area contributed by atoms with E-state index < -0.39 is 11.1 Å². The molecule has 0 saturated carbocycles. The highest BCUT2D eigenvalue weighted by Crippen LogP contribution is 2.23. The maximum absolute atomic E-state index is 10.6. The van der Waals surface area contributed by atoms with Crippen molar-refractivity contribution < 1.29 is 8.76 Å². The molecule has 0 aromatic carbocycles. The van der Waals surface area contributed by atoms with Gasteiger partial charge in [-0.05, 0) is 6.92 Å². The first kappa shape index (κ1) is 9.85. The zero-order chi connectivity index (χ0) is 9.30. The van der Waals surface area contributed by atoms with E-state index in [1.165, 1.54) is 0 Å². The van der Waals surface area contributed by atoms with Crippen molar-refractivity contribution in [2.75, 3.05) is 0 Å². The third-order valence-electron chi connectivity index (χ3n) is 1.07. The predicted molar refractivity (Wildman–Crippen MR) is 45.8 cm³/mol. The molecular weight excluding hydrogens is 223 g/mol. The van der Waals surface area contributed by atoms with Gasteiger partial charge in [0.15, 0.2) is 21.4 Å². The van der Waals surface area contributed by atoms with Crippen molar-refractivity contribution in [1.29, 1.82) is 0 Å². The molecule has 1 aromatic heterocycles. The molecule has 1 N–H and O–H groups in total. The van der Waals surface area contributed by atoms with Gasteiger partial charge in [0.25, 0.3) is 0 Å². The first-order valence-electron chi connectivity index (χ1n) is 2.83. The number of hydrogen-bond donors (Lipinski definition) is 1. The molecule has 0 aliphatic heterocycles. The summed E-state index contributed by atoms with van der Waals surface area (Å²) in [5.41, 5.74) is 0. The number of hydrogen-bond acceptors (Lipinski definition) is 3. The lowest BCUT2D eigenvalue weighted by Gasteiger charge is -2.00. The van der Waals surface area contributed by atoms with Gasteiger partial charge in [0.2, 0.25) is 0 Å². The summed E-state index contributed by atoms with van der Waals surface area (Å²) in [5.74, 6) is 0.360. The molecule has 1 unspecified atom stereocenters. The average molecular weight is 227 g/mol. The number of nitrogens with zero attached hydrogens (tertiary/aromatic N) is 2. The number of rotatable bonds is 1. The summed E-state index contributed by atoms with van der Waals surface area (Å²) >= 11 is 8.83. The van der Waals surface area contributed by atoms with Crippen LogP contribution in [0.25, 0.3) is 0 Å². The highest BCUT2D eigenvalue weighted by molar-refractivity contribution is 7.79. The van der Waals surface area contributed by atoms with E-state index >= 15 is 0 Å². The van der Waals surface area contributed by atoms with Gasteiger partial charge in [0.05, 0.1) is 0 Å². The van der Waals surface area contributed by atoms with Gasteiger partial charge in [-0.15, -0.1) is 0 Å². The summed E-state index contributed by atoms with van der Waals surface area (Å²) in [6, 6.07) is 0. The van der Waals surface area contributed by atoms with Crippen LogP contribution in [0.3, 0.4) is 0 Å². The Labute approximate surface area is 81.2 Å². The quantitative estimate of drug-likeness (QED) is 0.585. The second kappa shape index (κ2) is 3.66. The molecule has 0 fully saturated rings. The van der Waals surface area contributed by atoms with Crippen LogP contribution in [-0.2, 0) is 11.1 Å². The molecule has 0 spiro atoms.